The molecule has 2 aromatic carbocycles. The number of methoxy groups -OCH3 is 1. The highest BCUT2D eigenvalue weighted by atomic mass is 35.5. The molecule has 2 aromatic rings. The standard InChI is InChI=1S/C26H27ClF3NO/c1-4-5-20-12-13-31(15-19-7-10-22(27)11-8-19)16-23(20)24(17-32-3)21-9-6-18(2)25(14-21)26(28,29)30/h4-11,14H,1,12-13,15-17H2,2-3H3/b20-5-,24-23+. The number of rotatable bonds is 6. The zero-order valence-electron chi connectivity index (χ0n) is 18.3. The number of hydrogen-bond donors (Lipinski definition) is 0. The number of benzene rings is 2. The van der Waals surface area contributed by atoms with E-state index >= 15 is 0 Å². The Morgan fingerprint density at radius 3 is 2.53 bits per heavy atom. The van der Waals surface area contributed by atoms with E-state index in [2.05, 4.69) is 11.5 Å². The third kappa shape index (κ3) is 5.91. The first-order valence-corrected chi connectivity index (χ1v) is 10.8. The summed E-state index contributed by atoms with van der Waals surface area (Å²) < 4.78 is 46.1. The Morgan fingerprint density at radius 1 is 1.19 bits per heavy atom. The lowest BCUT2D eigenvalue weighted by atomic mass is 9.88. The molecule has 3 rings (SSSR count). The highest BCUT2D eigenvalue weighted by Crippen LogP contribution is 2.36. The topological polar surface area (TPSA) is 12.5 Å². The van der Waals surface area contributed by atoms with E-state index in [0.29, 0.717) is 17.1 Å². The SMILES string of the molecule is C=C/C=C1/CCN(Cc2ccc(Cl)cc2)C/C1=C(/COC)c1ccc(C)c(C(F)(F)F)c1. The van der Waals surface area contributed by atoms with Crippen LogP contribution in [0, 0.1) is 6.92 Å². The summed E-state index contributed by atoms with van der Waals surface area (Å²) in [6, 6.07) is 12.2. The molecular weight excluding hydrogens is 435 g/mol. The van der Waals surface area contributed by atoms with E-state index < -0.39 is 11.7 Å². The fourth-order valence-electron chi connectivity index (χ4n) is 4.04. The molecule has 6 heteroatoms. The highest BCUT2D eigenvalue weighted by molar-refractivity contribution is 6.30. The Hall–Kier alpha value is -2.34. The van der Waals surface area contributed by atoms with Crippen molar-refractivity contribution < 1.29 is 17.9 Å². The first-order valence-electron chi connectivity index (χ1n) is 10.4. The number of ether oxygens (including phenoxy) is 1. The van der Waals surface area contributed by atoms with E-state index in [1.807, 2.05) is 30.3 Å². The third-order valence-electron chi connectivity index (χ3n) is 5.65. The monoisotopic (exact) mass is 461 g/mol. The quantitative estimate of drug-likeness (QED) is 0.455. The summed E-state index contributed by atoms with van der Waals surface area (Å²) in [5, 5.41) is 0.686. The van der Waals surface area contributed by atoms with Crippen LogP contribution in [-0.2, 0) is 17.5 Å². The molecule has 32 heavy (non-hydrogen) atoms. The normalized spacial score (nSPS) is 18.1. The van der Waals surface area contributed by atoms with Crippen LogP contribution in [0.15, 0.2) is 72.3 Å². The molecular formula is C26H27ClF3NO. The van der Waals surface area contributed by atoms with Gasteiger partial charge in [-0.15, -0.1) is 0 Å². The van der Waals surface area contributed by atoms with Gasteiger partial charge in [-0.3, -0.25) is 4.90 Å². The lowest BCUT2D eigenvalue weighted by Crippen LogP contribution is -2.32. The molecule has 170 valence electrons. The largest absolute Gasteiger partial charge is 0.416 e. The van der Waals surface area contributed by atoms with Crippen LogP contribution in [0.2, 0.25) is 5.02 Å². The predicted octanol–water partition coefficient (Wildman–Crippen LogP) is 7.09. The molecule has 1 fully saturated rings. The molecule has 0 atom stereocenters. The number of nitrogens with zero attached hydrogens (tertiary/aromatic N) is 1. The Labute approximate surface area is 192 Å². The van der Waals surface area contributed by atoms with Crippen LogP contribution in [0.4, 0.5) is 13.2 Å². The van der Waals surface area contributed by atoms with Crippen molar-refractivity contribution in [3.8, 4) is 0 Å². The van der Waals surface area contributed by atoms with Gasteiger partial charge in [-0.1, -0.05) is 54.6 Å². The molecule has 0 unspecified atom stereocenters. The minimum Gasteiger partial charge on any atom is -0.380 e. The van der Waals surface area contributed by atoms with Crippen LogP contribution in [0.25, 0.3) is 5.57 Å². The Bertz CT molecular complexity index is 1020. The second kappa shape index (κ2) is 10.5. The maximum absolute atomic E-state index is 13.6. The van der Waals surface area contributed by atoms with Gasteiger partial charge in [-0.05, 0) is 65.0 Å². The van der Waals surface area contributed by atoms with Crippen molar-refractivity contribution in [2.45, 2.75) is 26.1 Å². The summed E-state index contributed by atoms with van der Waals surface area (Å²) >= 11 is 6.00. The van der Waals surface area contributed by atoms with Gasteiger partial charge < -0.3 is 4.74 Å². The summed E-state index contributed by atoms with van der Waals surface area (Å²) in [6.45, 7) is 7.69. The lowest BCUT2D eigenvalue weighted by molar-refractivity contribution is -0.138. The number of halogens is 4. The van der Waals surface area contributed by atoms with Crippen molar-refractivity contribution in [3.05, 3.63) is 99.6 Å². The highest BCUT2D eigenvalue weighted by Gasteiger charge is 2.33. The predicted molar refractivity (Wildman–Crippen MR) is 125 cm³/mol. The molecule has 0 N–H and O–H groups in total. The first kappa shape index (κ1) is 24.3. The average Bonchev–Trinajstić information content (AvgIpc) is 2.75. The smallest absolute Gasteiger partial charge is 0.380 e. The molecule has 0 amide bonds. The van der Waals surface area contributed by atoms with E-state index in [-0.39, 0.29) is 12.2 Å². The van der Waals surface area contributed by atoms with Crippen molar-refractivity contribution >= 4 is 17.2 Å². The van der Waals surface area contributed by atoms with Crippen molar-refractivity contribution in [3.63, 3.8) is 0 Å². The number of alkyl halides is 3. The molecule has 0 spiro atoms. The summed E-state index contributed by atoms with van der Waals surface area (Å²) in [4.78, 5) is 2.29. The Kier molecular flexibility index (Phi) is 7.99. The van der Waals surface area contributed by atoms with Crippen LogP contribution in [0.1, 0.15) is 28.7 Å². The Balaban J connectivity index is 2.04. The van der Waals surface area contributed by atoms with Gasteiger partial charge in [0.2, 0.25) is 0 Å². The van der Waals surface area contributed by atoms with Gasteiger partial charge in [0.1, 0.15) is 0 Å². The van der Waals surface area contributed by atoms with Gasteiger partial charge in [-0.2, -0.15) is 13.2 Å². The molecule has 0 aromatic heterocycles. The summed E-state index contributed by atoms with van der Waals surface area (Å²) in [5.41, 5.74) is 4.09. The van der Waals surface area contributed by atoms with Crippen molar-refractivity contribution in [1.29, 1.82) is 0 Å². The van der Waals surface area contributed by atoms with Crippen molar-refractivity contribution in [2.75, 3.05) is 26.8 Å². The van der Waals surface area contributed by atoms with Gasteiger partial charge in [0.25, 0.3) is 0 Å². The number of allylic oxidation sites excluding steroid dienone is 2. The number of hydrogen-bond acceptors (Lipinski definition) is 2. The van der Waals surface area contributed by atoms with E-state index in [9.17, 15) is 13.2 Å². The van der Waals surface area contributed by atoms with Gasteiger partial charge in [0, 0.05) is 31.8 Å². The second-order valence-electron chi connectivity index (χ2n) is 7.93. The molecule has 0 bridgehead atoms. The fraction of sp³-hybridized carbons (Fsp3) is 0.308. The van der Waals surface area contributed by atoms with Crippen LogP contribution in [0.5, 0.6) is 0 Å². The molecule has 0 radical (unpaired) electrons. The van der Waals surface area contributed by atoms with E-state index in [0.717, 1.165) is 41.8 Å². The summed E-state index contributed by atoms with van der Waals surface area (Å²) in [5.74, 6) is 0. The van der Waals surface area contributed by atoms with Crippen LogP contribution in [0.3, 0.4) is 0 Å². The molecule has 1 heterocycles. The van der Waals surface area contributed by atoms with Gasteiger partial charge in [0.15, 0.2) is 0 Å². The number of aryl methyl sites for hydroxylation is 1. The van der Waals surface area contributed by atoms with Crippen LogP contribution >= 0.6 is 11.6 Å². The minimum absolute atomic E-state index is 0.206. The first-order chi connectivity index (χ1) is 15.2. The third-order valence-corrected chi connectivity index (χ3v) is 5.90. The van der Waals surface area contributed by atoms with E-state index in [1.165, 1.54) is 19.1 Å². The number of piperidine rings is 1. The summed E-state index contributed by atoms with van der Waals surface area (Å²) in [6.07, 6.45) is 0.0461. The van der Waals surface area contributed by atoms with Gasteiger partial charge >= 0.3 is 6.18 Å². The number of likely N-dealkylation sites (tertiary alicyclic amines) is 1. The van der Waals surface area contributed by atoms with Crippen molar-refractivity contribution in [1.82, 2.24) is 4.90 Å². The Morgan fingerprint density at radius 2 is 1.91 bits per heavy atom. The maximum Gasteiger partial charge on any atom is 0.416 e. The van der Waals surface area contributed by atoms with E-state index in [4.69, 9.17) is 16.3 Å². The lowest BCUT2D eigenvalue weighted by Gasteiger charge is -2.32. The second-order valence-corrected chi connectivity index (χ2v) is 8.37. The summed E-state index contributed by atoms with van der Waals surface area (Å²) in [7, 11) is 1.56. The zero-order valence-corrected chi connectivity index (χ0v) is 19.1. The van der Waals surface area contributed by atoms with Crippen LogP contribution < -0.4 is 0 Å². The van der Waals surface area contributed by atoms with Crippen molar-refractivity contribution in [2.24, 2.45) is 0 Å². The van der Waals surface area contributed by atoms with E-state index in [1.54, 1.807) is 19.3 Å². The molecule has 0 saturated carbocycles. The van der Waals surface area contributed by atoms with Gasteiger partial charge in [-0.25, -0.2) is 0 Å². The fourth-order valence-corrected chi connectivity index (χ4v) is 4.16. The average molecular weight is 462 g/mol. The molecule has 0 aliphatic carbocycles. The molecule has 2 nitrogen and oxygen atoms in total. The zero-order chi connectivity index (χ0) is 23.3. The van der Waals surface area contributed by atoms with Gasteiger partial charge in [0.05, 0.1) is 12.2 Å². The molecule has 1 aliphatic heterocycles. The minimum atomic E-state index is -4.41. The molecule has 1 aliphatic rings. The maximum atomic E-state index is 13.6. The molecule has 1 saturated heterocycles. The van der Waals surface area contributed by atoms with Crippen LogP contribution in [-0.4, -0.2) is 31.7 Å².